The van der Waals surface area contributed by atoms with Gasteiger partial charge in [0.1, 0.15) is 0 Å². The molecule has 0 aliphatic heterocycles. The largest absolute Gasteiger partial charge is 0.497 e. The van der Waals surface area contributed by atoms with E-state index in [1.807, 2.05) is 0 Å². The van der Waals surface area contributed by atoms with Crippen LogP contribution >= 0.6 is 11.6 Å². The van der Waals surface area contributed by atoms with Gasteiger partial charge in [-0.05, 0) is 18.6 Å². The van der Waals surface area contributed by atoms with Crippen molar-refractivity contribution in [1.29, 1.82) is 0 Å². The first-order valence-electron chi connectivity index (χ1n) is 3.74. The van der Waals surface area contributed by atoms with Gasteiger partial charge < -0.3 is 10.0 Å². The maximum absolute atomic E-state index is 10.6. The highest BCUT2D eigenvalue weighted by Crippen LogP contribution is 2.18. The Balaban J connectivity index is 3.44. The number of hydrogen-bond donors (Lipinski definition) is 2. The first-order valence-corrected chi connectivity index (χ1v) is 4.12. The van der Waals surface area contributed by atoms with Crippen LogP contribution in [0.15, 0.2) is 12.1 Å². The van der Waals surface area contributed by atoms with Crippen molar-refractivity contribution in [2.75, 3.05) is 0 Å². The van der Waals surface area contributed by atoms with Crippen molar-refractivity contribution < 1.29 is 15.0 Å². The summed E-state index contributed by atoms with van der Waals surface area (Å²) < 4.78 is 0. The second-order valence-electron chi connectivity index (χ2n) is 2.81. The molecule has 0 saturated carbocycles. The van der Waals surface area contributed by atoms with Gasteiger partial charge >= 0.3 is 7.12 Å². The smallest absolute Gasteiger partial charge is 0.423 e. The molecule has 0 aliphatic rings. The van der Waals surface area contributed by atoms with Crippen LogP contribution in [0.3, 0.4) is 0 Å². The van der Waals surface area contributed by atoms with Crippen molar-refractivity contribution in [1.82, 2.24) is 0 Å². The Labute approximate surface area is 85.2 Å². The number of halogens is 1. The summed E-state index contributed by atoms with van der Waals surface area (Å²) in [6, 6.07) is 2.67. The van der Waals surface area contributed by atoms with Crippen LogP contribution in [-0.2, 0) is 0 Å². The molecule has 14 heavy (non-hydrogen) atoms. The lowest BCUT2D eigenvalue weighted by Gasteiger charge is -2.05. The fraction of sp³-hybridized carbons (Fsp3) is 0.143. The molecule has 1 aromatic carbocycles. The summed E-state index contributed by atoms with van der Waals surface area (Å²) in [5.74, 6) is 0. The highest BCUT2D eigenvalue weighted by molar-refractivity contribution is 6.64. The van der Waals surface area contributed by atoms with Crippen molar-refractivity contribution >= 4 is 29.9 Å². The average Bonchev–Trinajstić information content (AvgIpc) is 2.01. The third kappa shape index (κ3) is 2.04. The zero-order valence-corrected chi connectivity index (χ0v) is 8.02. The predicted molar refractivity (Wildman–Crippen MR) is 52.7 cm³/mol. The minimum Gasteiger partial charge on any atom is -0.423 e. The minimum absolute atomic E-state index is 0.0216. The molecule has 74 valence electrons. The molecule has 5 nitrogen and oxygen atoms in total. The fourth-order valence-electron chi connectivity index (χ4n) is 1.14. The van der Waals surface area contributed by atoms with Gasteiger partial charge in [-0.1, -0.05) is 11.6 Å². The second kappa shape index (κ2) is 3.95. The normalized spacial score (nSPS) is 10.0. The van der Waals surface area contributed by atoms with Gasteiger partial charge in [0.25, 0.3) is 5.69 Å². The molecule has 1 aromatic rings. The zero-order valence-electron chi connectivity index (χ0n) is 7.27. The Hall–Kier alpha value is -1.11. The number of nitro groups is 1. The fourth-order valence-corrected chi connectivity index (χ4v) is 1.51. The first-order chi connectivity index (χ1) is 6.43. The molecule has 0 spiro atoms. The molecule has 0 saturated heterocycles. The Kier molecular flexibility index (Phi) is 3.10. The van der Waals surface area contributed by atoms with Gasteiger partial charge in [0.05, 0.1) is 10.4 Å². The van der Waals surface area contributed by atoms with E-state index in [1.54, 1.807) is 6.92 Å². The summed E-state index contributed by atoms with van der Waals surface area (Å²) >= 11 is 5.65. The third-order valence-electron chi connectivity index (χ3n) is 1.71. The topological polar surface area (TPSA) is 83.6 Å². The Morgan fingerprint density at radius 1 is 1.50 bits per heavy atom. The number of rotatable bonds is 2. The SMILES string of the molecule is Cc1cc(Cl)c(B(O)O)c([N+](=O)[O-])c1. The molecule has 0 radical (unpaired) electrons. The van der Waals surface area contributed by atoms with Crippen LogP contribution in [-0.4, -0.2) is 22.1 Å². The lowest BCUT2D eigenvalue weighted by molar-refractivity contribution is -0.383. The van der Waals surface area contributed by atoms with Crippen LogP contribution in [0.25, 0.3) is 0 Å². The van der Waals surface area contributed by atoms with Crippen LogP contribution in [0.1, 0.15) is 5.56 Å². The molecule has 0 heterocycles. The van der Waals surface area contributed by atoms with Gasteiger partial charge in [-0.25, -0.2) is 0 Å². The molecular formula is C7H7BClNO4. The number of nitro benzene ring substituents is 1. The maximum Gasteiger partial charge on any atom is 0.497 e. The maximum atomic E-state index is 10.6. The van der Waals surface area contributed by atoms with Gasteiger partial charge in [-0.15, -0.1) is 0 Å². The van der Waals surface area contributed by atoms with E-state index in [1.165, 1.54) is 12.1 Å². The van der Waals surface area contributed by atoms with Crippen LogP contribution in [0.5, 0.6) is 0 Å². The summed E-state index contributed by atoms with van der Waals surface area (Å²) in [6.07, 6.45) is 0. The predicted octanol–water partition coefficient (Wildman–Crippen LogP) is 0.236. The lowest BCUT2D eigenvalue weighted by Crippen LogP contribution is -2.33. The highest BCUT2D eigenvalue weighted by atomic mass is 35.5. The first kappa shape index (κ1) is 11.0. The number of nitrogens with zero attached hydrogens (tertiary/aromatic N) is 1. The van der Waals surface area contributed by atoms with E-state index in [0.29, 0.717) is 5.56 Å². The lowest BCUT2D eigenvalue weighted by atomic mass is 9.78. The van der Waals surface area contributed by atoms with Crippen LogP contribution in [0.2, 0.25) is 5.02 Å². The Morgan fingerprint density at radius 2 is 2.07 bits per heavy atom. The number of aryl methyl sites for hydroxylation is 1. The average molecular weight is 215 g/mol. The molecule has 0 amide bonds. The van der Waals surface area contributed by atoms with Crippen molar-refractivity contribution in [3.05, 3.63) is 32.8 Å². The van der Waals surface area contributed by atoms with E-state index in [-0.39, 0.29) is 16.2 Å². The summed E-state index contributed by atoms with van der Waals surface area (Å²) in [5, 5.41) is 28.3. The molecule has 2 N–H and O–H groups in total. The molecule has 0 aromatic heterocycles. The van der Waals surface area contributed by atoms with Crippen molar-refractivity contribution in [2.45, 2.75) is 6.92 Å². The van der Waals surface area contributed by atoms with Gasteiger partial charge in [-0.3, -0.25) is 10.1 Å². The van der Waals surface area contributed by atoms with E-state index >= 15 is 0 Å². The van der Waals surface area contributed by atoms with E-state index in [0.717, 1.165) is 0 Å². The number of hydrogen-bond acceptors (Lipinski definition) is 4. The van der Waals surface area contributed by atoms with E-state index in [4.69, 9.17) is 21.6 Å². The Morgan fingerprint density at radius 3 is 2.50 bits per heavy atom. The highest BCUT2D eigenvalue weighted by Gasteiger charge is 2.27. The molecule has 0 unspecified atom stereocenters. The van der Waals surface area contributed by atoms with E-state index < -0.39 is 12.0 Å². The standard InChI is InChI=1S/C7H7BClNO4/c1-4-2-5(9)7(8(11)12)6(3-4)10(13)14/h2-3,11-12H,1H3. The summed E-state index contributed by atoms with van der Waals surface area (Å²) in [4.78, 5) is 9.85. The second-order valence-corrected chi connectivity index (χ2v) is 3.22. The summed E-state index contributed by atoms with van der Waals surface area (Å²) in [6.45, 7) is 1.63. The van der Waals surface area contributed by atoms with E-state index in [2.05, 4.69) is 0 Å². The molecule has 0 fully saturated rings. The van der Waals surface area contributed by atoms with Crippen LogP contribution < -0.4 is 5.46 Å². The Bertz CT molecular complexity index is 382. The minimum atomic E-state index is -1.94. The molecular weight excluding hydrogens is 208 g/mol. The molecule has 0 atom stereocenters. The molecule has 0 bridgehead atoms. The van der Waals surface area contributed by atoms with Gasteiger partial charge in [0, 0.05) is 11.1 Å². The van der Waals surface area contributed by atoms with Crippen molar-refractivity contribution in [3.63, 3.8) is 0 Å². The summed E-state index contributed by atoms with van der Waals surface area (Å²) in [7, 11) is -1.94. The van der Waals surface area contributed by atoms with Crippen molar-refractivity contribution in [3.8, 4) is 0 Å². The summed E-state index contributed by atoms with van der Waals surface area (Å²) in [5.41, 5.74) is -0.0710. The van der Waals surface area contributed by atoms with Gasteiger partial charge in [0.2, 0.25) is 0 Å². The molecule has 0 aliphatic carbocycles. The van der Waals surface area contributed by atoms with Crippen molar-refractivity contribution in [2.24, 2.45) is 0 Å². The van der Waals surface area contributed by atoms with Crippen LogP contribution in [0, 0.1) is 17.0 Å². The third-order valence-corrected chi connectivity index (χ3v) is 2.02. The molecule has 7 heteroatoms. The van der Waals surface area contributed by atoms with E-state index in [9.17, 15) is 10.1 Å². The quantitative estimate of drug-likeness (QED) is 0.420. The van der Waals surface area contributed by atoms with Gasteiger partial charge in [0.15, 0.2) is 0 Å². The monoisotopic (exact) mass is 215 g/mol. The molecule has 1 rings (SSSR count). The zero-order chi connectivity index (χ0) is 10.9. The van der Waals surface area contributed by atoms with Crippen LogP contribution in [0.4, 0.5) is 5.69 Å². The number of benzene rings is 1. The van der Waals surface area contributed by atoms with Gasteiger partial charge in [-0.2, -0.15) is 0 Å².